The van der Waals surface area contributed by atoms with E-state index in [0.717, 1.165) is 11.1 Å². The van der Waals surface area contributed by atoms with Crippen LogP contribution in [0.1, 0.15) is 27.8 Å². The average Bonchev–Trinajstić information content (AvgIpc) is 3.31. The van der Waals surface area contributed by atoms with E-state index in [4.69, 9.17) is 0 Å². The molecule has 8 heteroatoms. The van der Waals surface area contributed by atoms with Gasteiger partial charge in [-0.25, -0.2) is 9.67 Å². The van der Waals surface area contributed by atoms with Crippen molar-refractivity contribution in [2.75, 3.05) is 0 Å². The van der Waals surface area contributed by atoms with Crippen LogP contribution >= 0.6 is 0 Å². The Kier molecular flexibility index (Phi) is 4.43. The smallest absolute Gasteiger partial charge is 0.275 e. The summed E-state index contributed by atoms with van der Waals surface area (Å²) in [7, 11) is 0. The van der Waals surface area contributed by atoms with Crippen molar-refractivity contribution in [1.82, 2.24) is 19.2 Å². The summed E-state index contributed by atoms with van der Waals surface area (Å²) in [5.41, 5.74) is 3.66. The topological polar surface area (TPSA) is 116 Å². The van der Waals surface area contributed by atoms with Gasteiger partial charge in [0.15, 0.2) is 5.65 Å². The molecule has 0 radical (unpaired) electrons. The van der Waals surface area contributed by atoms with Gasteiger partial charge in [-0.3, -0.25) is 19.1 Å². The molecule has 8 nitrogen and oxygen atoms in total. The van der Waals surface area contributed by atoms with Gasteiger partial charge in [0.2, 0.25) is 5.88 Å². The molecule has 0 spiro atoms. The third kappa shape index (κ3) is 2.94. The van der Waals surface area contributed by atoms with Crippen LogP contribution in [0.25, 0.3) is 28.4 Å². The van der Waals surface area contributed by atoms with Crippen LogP contribution in [0.15, 0.2) is 52.1 Å². The average molecular weight is 437 g/mol. The van der Waals surface area contributed by atoms with Crippen LogP contribution < -0.4 is 16.3 Å². The maximum absolute atomic E-state index is 13.5. The number of benzene rings is 2. The molecule has 33 heavy (non-hydrogen) atoms. The molecule has 0 aliphatic heterocycles. The van der Waals surface area contributed by atoms with E-state index in [0.29, 0.717) is 22.3 Å². The van der Waals surface area contributed by atoms with Gasteiger partial charge < -0.3 is 5.11 Å². The van der Waals surface area contributed by atoms with Crippen LogP contribution in [0.3, 0.4) is 0 Å². The van der Waals surface area contributed by atoms with Crippen LogP contribution in [0, 0.1) is 32.1 Å². The van der Waals surface area contributed by atoms with E-state index in [2.05, 4.69) is 16.2 Å². The number of hydrogen-bond donors (Lipinski definition) is 2. The second-order valence-corrected chi connectivity index (χ2v) is 8.02. The summed E-state index contributed by atoms with van der Waals surface area (Å²) in [5, 5.41) is 23.4. The highest BCUT2D eigenvalue weighted by Crippen LogP contribution is 2.22. The van der Waals surface area contributed by atoms with E-state index in [9.17, 15) is 20.0 Å². The van der Waals surface area contributed by atoms with Gasteiger partial charge in [-0.1, -0.05) is 18.2 Å². The Hall–Kier alpha value is -4.64. The third-order valence-electron chi connectivity index (χ3n) is 6.06. The van der Waals surface area contributed by atoms with E-state index in [1.54, 1.807) is 37.3 Å². The number of para-hydroxylation sites is 2. The van der Waals surface area contributed by atoms with Crippen molar-refractivity contribution in [2.24, 2.45) is 0 Å². The molecule has 162 valence electrons. The summed E-state index contributed by atoms with van der Waals surface area (Å²) >= 11 is 0. The quantitative estimate of drug-likeness (QED) is 0.440. The number of fused-ring (bicyclic) bond motifs is 3. The zero-order chi connectivity index (χ0) is 23.4. The van der Waals surface area contributed by atoms with Crippen LogP contribution in [-0.2, 0) is 0 Å². The van der Waals surface area contributed by atoms with Gasteiger partial charge >= 0.3 is 0 Å². The molecule has 0 fully saturated rings. The Labute approximate surface area is 187 Å². The number of nitriles is 1. The minimum Gasteiger partial charge on any atom is -0.493 e. The highest BCUT2D eigenvalue weighted by Gasteiger charge is 2.19. The maximum atomic E-state index is 13.5. The number of aromatic nitrogens is 4. The molecule has 0 aliphatic carbocycles. The number of aryl methyl sites for hydroxylation is 2. The Balaban J connectivity index is 1.84. The first-order valence-corrected chi connectivity index (χ1v) is 10.3. The molecule has 0 unspecified atom stereocenters. The van der Waals surface area contributed by atoms with Crippen LogP contribution in [-0.4, -0.2) is 24.3 Å². The number of rotatable bonds is 2. The Morgan fingerprint density at radius 1 is 1.09 bits per heavy atom. The fourth-order valence-corrected chi connectivity index (χ4v) is 4.05. The fraction of sp³-hybridized carbons (Fsp3) is 0.120. The minimum absolute atomic E-state index is 0.0684. The molecule has 0 saturated carbocycles. The van der Waals surface area contributed by atoms with Crippen molar-refractivity contribution >= 4 is 22.8 Å². The number of hydrogen-bond acceptors (Lipinski definition) is 5. The number of H-pyrrole nitrogens is 1. The van der Waals surface area contributed by atoms with E-state index in [-0.39, 0.29) is 27.9 Å². The van der Waals surface area contributed by atoms with Gasteiger partial charge in [0, 0.05) is 5.22 Å². The van der Waals surface area contributed by atoms with Crippen LogP contribution in [0.5, 0.6) is 5.88 Å². The van der Waals surface area contributed by atoms with E-state index < -0.39 is 11.1 Å². The zero-order valence-electron chi connectivity index (χ0n) is 18.2. The lowest BCUT2D eigenvalue weighted by Crippen LogP contribution is -2.34. The molecule has 3 aromatic heterocycles. The number of nitrogens with one attached hydrogen (secondary N) is 1. The molecule has 2 N–H and O–H groups in total. The molecular weight excluding hydrogens is 418 g/mol. The van der Waals surface area contributed by atoms with Crippen molar-refractivity contribution in [3.63, 3.8) is 0 Å². The predicted molar refractivity (Wildman–Crippen MR) is 125 cm³/mol. The lowest BCUT2D eigenvalue weighted by molar-refractivity contribution is 0.432. The minimum atomic E-state index is -0.557. The highest BCUT2D eigenvalue weighted by atomic mass is 16.3. The van der Waals surface area contributed by atoms with Gasteiger partial charge in [-0.15, -0.1) is 0 Å². The van der Waals surface area contributed by atoms with Gasteiger partial charge in [-0.05, 0) is 67.8 Å². The van der Waals surface area contributed by atoms with Crippen LogP contribution in [0.2, 0.25) is 0 Å². The molecule has 0 aliphatic rings. The number of pyridine rings is 1. The lowest BCUT2D eigenvalue weighted by Gasteiger charge is -2.07. The molecule has 2 aromatic carbocycles. The maximum Gasteiger partial charge on any atom is 0.275 e. The Morgan fingerprint density at radius 2 is 1.85 bits per heavy atom. The highest BCUT2D eigenvalue weighted by molar-refractivity contribution is 5.82. The number of imidazole rings is 1. The number of aromatic amines is 1. The van der Waals surface area contributed by atoms with E-state index in [1.165, 1.54) is 15.2 Å². The first-order chi connectivity index (χ1) is 15.8. The van der Waals surface area contributed by atoms with Gasteiger partial charge in [-0.2, -0.15) is 5.26 Å². The monoisotopic (exact) mass is 437 g/mol. The molecule has 3 heterocycles. The van der Waals surface area contributed by atoms with Crippen molar-refractivity contribution in [3.8, 4) is 17.6 Å². The Bertz CT molecular complexity index is 1820. The Morgan fingerprint density at radius 3 is 2.58 bits per heavy atom. The van der Waals surface area contributed by atoms with Crippen molar-refractivity contribution in [3.05, 3.63) is 96.2 Å². The van der Waals surface area contributed by atoms with Crippen molar-refractivity contribution in [2.45, 2.75) is 20.8 Å². The molecule has 5 rings (SSSR count). The zero-order valence-corrected chi connectivity index (χ0v) is 18.2. The first-order valence-electron chi connectivity index (χ1n) is 10.3. The molecule has 5 aromatic rings. The van der Waals surface area contributed by atoms with Crippen molar-refractivity contribution in [1.29, 1.82) is 5.26 Å². The van der Waals surface area contributed by atoms with E-state index >= 15 is 0 Å². The fourth-order valence-electron chi connectivity index (χ4n) is 4.05. The molecule has 0 amide bonds. The summed E-state index contributed by atoms with van der Waals surface area (Å²) in [6.07, 6.45) is 1.33. The van der Waals surface area contributed by atoms with E-state index in [1.807, 2.05) is 26.0 Å². The first kappa shape index (κ1) is 20.3. The summed E-state index contributed by atoms with van der Waals surface area (Å²) in [6.45, 7) is 5.54. The predicted octanol–water partition coefficient (Wildman–Crippen LogP) is 2.38. The summed E-state index contributed by atoms with van der Waals surface area (Å²) in [6, 6.07) is 14.7. The standard InChI is InChI=1S/C25H19N5O3/c1-13-8-9-16(10-14(13)2)30-25(33)18(23(31)28-30)11-17-15(3)19(12-26)22-27-20-6-4-5-7-21(20)29(22)24(17)32/h4-11,33H,1-3H3,(H,28,31)/b17-11+. The summed E-state index contributed by atoms with van der Waals surface area (Å²) in [5.74, 6) is -0.323. The normalized spacial score (nSPS) is 12.0. The number of nitrogens with zero attached hydrogens (tertiary/aromatic N) is 4. The van der Waals surface area contributed by atoms with Gasteiger partial charge in [0.1, 0.15) is 11.6 Å². The molecule has 0 atom stereocenters. The molecule has 0 saturated heterocycles. The molecular formula is C25H19N5O3. The second-order valence-electron chi connectivity index (χ2n) is 8.02. The van der Waals surface area contributed by atoms with Gasteiger partial charge in [0.25, 0.3) is 11.1 Å². The third-order valence-corrected chi connectivity index (χ3v) is 6.06. The van der Waals surface area contributed by atoms with Crippen LogP contribution in [0.4, 0.5) is 0 Å². The summed E-state index contributed by atoms with van der Waals surface area (Å²) < 4.78 is 2.65. The van der Waals surface area contributed by atoms with Gasteiger partial charge in [0.05, 0.1) is 22.3 Å². The SMILES string of the molecule is Cc1ccc(-n2[nH]c(=O)c(/C=c3\c(C)c(C#N)c4nc5ccccc5n4c3=O)c2O)cc1C. The summed E-state index contributed by atoms with van der Waals surface area (Å²) in [4.78, 5) is 30.7. The largest absolute Gasteiger partial charge is 0.493 e. The molecule has 0 bridgehead atoms. The lowest BCUT2D eigenvalue weighted by atomic mass is 10.1. The second kappa shape index (κ2) is 7.21. The number of aromatic hydroxyl groups is 1. The van der Waals surface area contributed by atoms with Crippen molar-refractivity contribution < 1.29 is 5.11 Å².